The minimum atomic E-state index is -0.862. The third-order valence-corrected chi connectivity index (χ3v) is 6.31. The van der Waals surface area contributed by atoms with Crippen LogP contribution in [0.25, 0.3) is 5.76 Å². The Bertz CT molecular complexity index is 1330. The van der Waals surface area contributed by atoms with Crippen molar-refractivity contribution in [3.63, 3.8) is 0 Å². The summed E-state index contributed by atoms with van der Waals surface area (Å²) < 4.78 is 16.0. The largest absolute Gasteiger partial charge is 0.507 e. The van der Waals surface area contributed by atoms with Crippen molar-refractivity contribution >= 4 is 23.1 Å². The summed E-state index contributed by atoms with van der Waals surface area (Å²) in [4.78, 5) is 28.2. The zero-order valence-corrected chi connectivity index (χ0v) is 20.3. The molecule has 7 nitrogen and oxygen atoms in total. The summed E-state index contributed by atoms with van der Waals surface area (Å²) in [5.41, 5.74) is 3.47. The van der Waals surface area contributed by atoms with E-state index < -0.39 is 17.7 Å². The van der Waals surface area contributed by atoms with Gasteiger partial charge in [-0.3, -0.25) is 14.5 Å². The lowest BCUT2D eigenvalue weighted by Gasteiger charge is -2.26. The lowest BCUT2D eigenvalue weighted by atomic mass is 9.94. The molecule has 7 heteroatoms. The van der Waals surface area contributed by atoms with Crippen LogP contribution >= 0.6 is 0 Å². The number of hydrogen-bond donors (Lipinski definition) is 1. The highest BCUT2D eigenvalue weighted by Crippen LogP contribution is 2.44. The topological polar surface area (TPSA) is 85.3 Å². The minimum Gasteiger partial charge on any atom is -0.507 e. The number of Topliss-reactive ketones (excluding diaryl/α,β-unsaturated/α-hetero) is 1. The number of aliphatic hydroxyl groups is 1. The maximum atomic E-state index is 13.4. The van der Waals surface area contributed by atoms with Crippen LogP contribution < -0.4 is 19.1 Å². The molecule has 1 fully saturated rings. The van der Waals surface area contributed by atoms with E-state index in [9.17, 15) is 14.7 Å². The Morgan fingerprint density at radius 2 is 1.46 bits per heavy atom. The van der Waals surface area contributed by atoms with Crippen molar-refractivity contribution in [2.75, 3.05) is 26.2 Å². The van der Waals surface area contributed by atoms with Crippen LogP contribution in [0.1, 0.15) is 28.3 Å². The standard InChI is InChI=1S/C28H27NO6/c1-16-6-9-19(14-17(16)2)29-25(18-7-10-20(33-3)11-8-18)24(27(31)28(29)32)26(30)22-15-21(34-4)12-13-23(22)35-5/h6-15,25,30H,1-5H3/b26-24+. The molecule has 180 valence electrons. The number of ether oxygens (including phenoxy) is 3. The van der Waals surface area contributed by atoms with E-state index in [0.717, 1.165) is 11.1 Å². The van der Waals surface area contributed by atoms with Crippen LogP contribution in [0.3, 0.4) is 0 Å². The average molecular weight is 474 g/mol. The predicted molar refractivity (Wildman–Crippen MR) is 133 cm³/mol. The van der Waals surface area contributed by atoms with Gasteiger partial charge in [0, 0.05) is 5.69 Å². The SMILES string of the molecule is COc1ccc(C2/C(=C(\O)c3cc(OC)ccc3OC)C(=O)C(=O)N2c2ccc(C)c(C)c2)cc1. The van der Waals surface area contributed by atoms with Gasteiger partial charge >= 0.3 is 0 Å². The quantitative estimate of drug-likeness (QED) is 0.310. The van der Waals surface area contributed by atoms with Crippen LogP contribution in [0.4, 0.5) is 5.69 Å². The number of hydrogen-bond acceptors (Lipinski definition) is 6. The molecular formula is C28H27NO6. The number of aryl methyl sites for hydroxylation is 2. The van der Waals surface area contributed by atoms with Gasteiger partial charge in [0.1, 0.15) is 23.0 Å². The van der Waals surface area contributed by atoms with Crippen LogP contribution in [0.2, 0.25) is 0 Å². The Labute approximate surface area is 204 Å². The maximum Gasteiger partial charge on any atom is 0.300 e. The maximum absolute atomic E-state index is 13.4. The van der Waals surface area contributed by atoms with Crippen LogP contribution in [-0.4, -0.2) is 38.1 Å². The third kappa shape index (κ3) is 4.21. The molecule has 1 saturated heterocycles. The normalized spacial score (nSPS) is 16.9. The molecule has 3 aromatic rings. The van der Waals surface area contributed by atoms with Crippen LogP contribution in [-0.2, 0) is 9.59 Å². The highest BCUT2D eigenvalue weighted by Gasteiger charge is 2.47. The van der Waals surface area contributed by atoms with E-state index in [2.05, 4.69) is 0 Å². The zero-order chi connectivity index (χ0) is 25.3. The van der Waals surface area contributed by atoms with Crippen LogP contribution in [0.15, 0.2) is 66.2 Å². The van der Waals surface area contributed by atoms with E-state index in [0.29, 0.717) is 28.5 Å². The molecule has 1 heterocycles. The predicted octanol–water partition coefficient (Wildman–Crippen LogP) is 4.96. The fraction of sp³-hybridized carbons (Fsp3) is 0.214. The second-order valence-corrected chi connectivity index (χ2v) is 8.28. The van der Waals surface area contributed by atoms with Gasteiger partial charge in [-0.1, -0.05) is 18.2 Å². The molecule has 1 atom stereocenters. The van der Waals surface area contributed by atoms with Crippen molar-refractivity contribution in [2.24, 2.45) is 0 Å². The molecule has 0 saturated carbocycles. The first-order chi connectivity index (χ1) is 16.8. The van der Waals surface area contributed by atoms with Gasteiger partial charge in [-0.15, -0.1) is 0 Å². The van der Waals surface area contributed by atoms with Gasteiger partial charge in [0.2, 0.25) is 0 Å². The van der Waals surface area contributed by atoms with Crippen molar-refractivity contribution in [3.05, 3.63) is 88.5 Å². The Morgan fingerprint density at radius 1 is 0.800 bits per heavy atom. The molecule has 1 amide bonds. The monoisotopic (exact) mass is 473 g/mol. The molecule has 1 unspecified atom stereocenters. The minimum absolute atomic E-state index is 0.0371. The molecule has 0 spiro atoms. The summed E-state index contributed by atoms with van der Waals surface area (Å²) in [5, 5.41) is 11.5. The number of carbonyl (C=O) groups excluding carboxylic acids is 2. The molecule has 1 N–H and O–H groups in total. The summed E-state index contributed by atoms with van der Waals surface area (Å²) in [5.74, 6) is -0.410. The van der Waals surface area contributed by atoms with Crippen molar-refractivity contribution in [3.8, 4) is 17.2 Å². The lowest BCUT2D eigenvalue weighted by Crippen LogP contribution is -2.29. The van der Waals surface area contributed by atoms with E-state index in [-0.39, 0.29) is 16.9 Å². The molecule has 35 heavy (non-hydrogen) atoms. The van der Waals surface area contributed by atoms with Gasteiger partial charge in [-0.25, -0.2) is 0 Å². The molecule has 0 aromatic heterocycles. The molecule has 4 rings (SSSR count). The summed E-state index contributed by atoms with van der Waals surface area (Å²) in [6.45, 7) is 3.92. The lowest BCUT2D eigenvalue weighted by molar-refractivity contribution is -0.132. The number of ketones is 1. The highest BCUT2D eigenvalue weighted by molar-refractivity contribution is 6.51. The molecule has 0 bridgehead atoms. The third-order valence-electron chi connectivity index (χ3n) is 6.31. The number of benzene rings is 3. The Morgan fingerprint density at radius 3 is 2.06 bits per heavy atom. The van der Waals surface area contributed by atoms with Gasteiger partial charge in [-0.05, 0) is 73.0 Å². The summed E-state index contributed by atoms with van der Waals surface area (Å²) in [6, 6.07) is 16.7. The molecular weight excluding hydrogens is 446 g/mol. The smallest absolute Gasteiger partial charge is 0.300 e. The Hall–Kier alpha value is -4.26. The van der Waals surface area contributed by atoms with Crippen LogP contribution in [0, 0.1) is 13.8 Å². The van der Waals surface area contributed by atoms with Crippen LogP contribution in [0.5, 0.6) is 17.2 Å². The average Bonchev–Trinajstić information content (AvgIpc) is 3.15. The molecule has 1 aliphatic rings. The van der Waals surface area contributed by atoms with E-state index in [1.54, 1.807) is 55.6 Å². The number of aliphatic hydroxyl groups excluding tert-OH is 1. The summed E-state index contributed by atoms with van der Waals surface area (Å²) in [6.07, 6.45) is 0. The summed E-state index contributed by atoms with van der Waals surface area (Å²) in [7, 11) is 4.53. The van der Waals surface area contributed by atoms with Crippen molar-refractivity contribution < 1.29 is 28.9 Å². The zero-order valence-electron chi connectivity index (χ0n) is 20.3. The van der Waals surface area contributed by atoms with Crippen molar-refractivity contribution in [1.82, 2.24) is 0 Å². The number of rotatable bonds is 6. The van der Waals surface area contributed by atoms with E-state index >= 15 is 0 Å². The van der Waals surface area contributed by atoms with E-state index in [4.69, 9.17) is 14.2 Å². The number of amides is 1. The first-order valence-corrected chi connectivity index (χ1v) is 11.0. The molecule has 0 radical (unpaired) electrons. The molecule has 3 aromatic carbocycles. The Balaban J connectivity index is 1.98. The van der Waals surface area contributed by atoms with E-state index in [1.165, 1.54) is 19.1 Å². The summed E-state index contributed by atoms with van der Waals surface area (Å²) >= 11 is 0. The molecule has 1 aliphatic heterocycles. The number of anilines is 1. The second kappa shape index (κ2) is 9.54. The van der Waals surface area contributed by atoms with Gasteiger partial charge in [0.25, 0.3) is 11.7 Å². The van der Waals surface area contributed by atoms with Gasteiger partial charge < -0.3 is 19.3 Å². The number of methoxy groups -OCH3 is 3. The number of nitrogens with zero attached hydrogens (tertiary/aromatic N) is 1. The highest BCUT2D eigenvalue weighted by atomic mass is 16.5. The first kappa shape index (κ1) is 23.9. The fourth-order valence-corrected chi connectivity index (χ4v) is 4.22. The van der Waals surface area contributed by atoms with Gasteiger partial charge in [-0.2, -0.15) is 0 Å². The van der Waals surface area contributed by atoms with E-state index in [1.807, 2.05) is 26.0 Å². The van der Waals surface area contributed by atoms with Gasteiger partial charge in [0.15, 0.2) is 0 Å². The molecule has 0 aliphatic carbocycles. The number of carbonyl (C=O) groups is 2. The van der Waals surface area contributed by atoms with Gasteiger partial charge in [0.05, 0.1) is 38.5 Å². The van der Waals surface area contributed by atoms with Crippen molar-refractivity contribution in [1.29, 1.82) is 0 Å². The second-order valence-electron chi connectivity index (χ2n) is 8.28. The first-order valence-electron chi connectivity index (χ1n) is 11.0. The Kier molecular flexibility index (Phi) is 6.51. The fourth-order valence-electron chi connectivity index (χ4n) is 4.22. The van der Waals surface area contributed by atoms with Crippen molar-refractivity contribution in [2.45, 2.75) is 19.9 Å².